The Balaban J connectivity index is 0.943. The number of hydrogen-bond acceptors (Lipinski definition) is 15. The Kier molecular flexibility index (Phi) is 15.4. The maximum absolute atomic E-state index is 14.1. The second-order valence-corrected chi connectivity index (χ2v) is 23.4. The minimum absolute atomic E-state index is 0.0307. The largest absolute Gasteiger partial charge is 0.478 e. The second-order valence-electron chi connectivity index (χ2n) is 21.0. The van der Waals surface area contributed by atoms with Crippen molar-refractivity contribution in [2.24, 2.45) is 0 Å². The number of benzene rings is 3. The number of allylic oxidation sites excluding steroid dienone is 2. The molecular formula is C53H66N9O14P2+. The number of nitrogens with zero attached hydrogens (tertiary/aromatic N) is 6. The number of nitrogens with one attached hydrogen (secondary N) is 2. The molecule has 0 spiro atoms. The van der Waals surface area contributed by atoms with Gasteiger partial charge in [0, 0.05) is 78.3 Å². The zero-order valence-electron chi connectivity index (χ0n) is 44.6. The van der Waals surface area contributed by atoms with Crippen molar-refractivity contribution in [1.82, 2.24) is 29.4 Å². The number of unbranched alkanes of at least 4 members (excludes halogenated alkanes) is 3. The summed E-state index contributed by atoms with van der Waals surface area (Å²) in [6.45, 7) is 18.3. The number of aromatic carboxylic acids is 1. The van der Waals surface area contributed by atoms with Crippen molar-refractivity contribution in [3.8, 4) is 11.5 Å². The summed E-state index contributed by atoms with van der Waals surface area (Å²) in [5.41, 5.74) is 12.9. The van der Waals surface area contributed by atoms with Crippen LogP contribution in [0.2, 0.25) is 0 Å². The molecule has 4 aliphatic rings. The van der Waals surface area contributed by atoms with E-state index < -0.39 is 52.8 Å². The lowest BCUT2D eigenvalue weighted by Crippen LogP contribution is -2.49. The first kappa shape index (κ1) is 56.4. The number of nitrogen functional groups attached to an aromatic ring is 1. The minimum Gasteiger partial charge on any atom is -0.478 e. The Morgan fingerprint density at radius 1 is 0.872 bits per heavy atom. The summed E-state index contributed by atoms with van der Waals surface area (Å²) in [6, 6.07) is 13.0. The molecule has 78 heavy (non-hydrogen) atoms. The van der Waals surface area contributed by atoms with Crippen molar-refractivity contribution in [1.29, 1.82) is 0 Å². The predicted octanol–water partition coefficient (Wildman–Crippen LogP) is 5.44. The number of carbonyl (C=O) groups excluding carboxylic acids is 1. The summed E-state index contributed by atoms with van der Waals surface area (Å²) >= 11 is 0. The number of rotatable bonds is 19. The van der Waals surface area contributed by atoms with Gasteiger partial charge >= 0.3 is 21.6 Å². The number of aliphatic hydroxyl groups excluding tert-OH is 1. The number of amides is 1. The molecular weight excluding hydrogens is 1050 g/mol. The van der Waals surface area contributed by atoms with Crippen molar-refractivity contribution < 1.29 is 67.0 Å². The maximum atomic E-state index is 14.1. The second kappa shape index (κ2) is 21.4. The number of hydrogen-bond donors (Lipinski definition) is 9. The third-order valence-corrected chi connectivity index (χ3v) is 15.7. The summed E-state index contributed by atoms with van der Waals surface area (Å²) in [5, 5.41) is 29.7. The lowest BCUT2D eigenvalue weighted by molar-refractivity contribution is -0.0489. The third kappa shape index (κ3) is 11.0. The van der Waals surface area contributed by atoms with Crippen molar-refractivity contribution in [2.45, 2.75) is 117 Å². The van der Waals surface area contributed by atoms with Gasteiger partial charge < -0.3 is 60.5 Å². The normalized spacial score (nSPS) is 20.3. The molecule has 10 N–H and O–H groups in total. The molecule has 23 nitrogen and oxygen atoms in total. The van der Waals surface area contributed by atoms with Crippen molar-refractivity contribution in [3.05, 3.63) is 105 Å². The van der Waals surface area contributed by atoms with E-state index in [0.29, 0.717) is 72.2 Å². The van der Waals surface area contributed by atoms with Crippen molar-refractivity contribution in [3.63, 3.8) is 0 Å². The molecule has 1 fully saturated rings. The van der Waals surface area contributed by atoms with E-state index in [2.05, 4.69) is 131 Å². The van der Waals surface area contributed by atoms with Crippen LogP contribution in [0.4, 0.5) is 17.5 Å². The summed E-state index contributed by atoms with van der Waals surface area (Å²) in [4.78, 5) is 80.3. The Hall–Kier alpha value is -6.36. The van der Waals surface area contributed by atoms with Gasteiger partial charge in [0.25, 0.3) is 5.91 Å². The number of carboxylic acids is 1. The molecule has 0 aliphatic carbocycles. The maximum Gasteiger partial charge on any atom is 0.470 e. The summed E-state index contributed by atoms with van der Waals surface area (Å²) in [5.74, 6) is -0.357. The van der Waals surface area contributed by atoms with E-state index in [0.717, 1.165) is 52.7 Å². The van der Waals surface area contributed by atoms with E-state index in [1.807, 2.05) is 0 Å². The SMILES string of the molecule is CCN1c2cc3c(cc2C(C)=CC1(C)C)C(c1cc(C(=O)NCCCCCCNc2nc4c(N)ncnc4n2[C@@H]2O[C@H](COP(=O)(O)O)[C@@H](O)[C@H]2OP(=O)(O)O)ccc1C(=O)O)=c1cc2c(cc1O3)=[N+](CC)C(C)(C)C=C2C. The highest BCUT2D eigenvalue weighted by atomic mass is 31.2. The van der Waals surface area contributed by atoms with E-state index in [1.54, 1.807) is 6.07 Å². The Bertz CT molecular complexity index is 3550. The standard InChI is InChI=1S/C53H65N9O14P2/c1-9-60-37-22-39-35(20-32(37)28(3)24-52(60,5)6)42(36-21-33-29(4)25-53(7,8)61(10-2)38(33)23-40(36)74-39)34-19-30(15-16-31(34)50(65)66)48(64)55-17-13-11-12-14-18-56-51-59-43-46(54)57-27-58-47(43)62(51)49-45(76-78(70,71)72)44(63)41(75-49)26-73-77(67,68)69/h15-16,19-25,27,41,44-45,49,63H,9-14,17-18,26H2,1-8H3,(H8-,54,55,56,57,58,59,64,65,66,67,68,69,70,71,72)/p+1/t41-,44-,45-,49-/m1/s1. The molecule has 25 heteroatoms. The van der Waals surface area contributed by atoms with Crippen LogP contribution in [0.1, 0.15) is 130 Å². The van der Waals surface area contributed by atoms with Crippen LogP contribution < -0.4 is 41.2 Å². The Labute approximate surface area is 449 Å². The van der Waals surface area contributed by atoms with Gasteiger partial charge in [0.1, 0.15) is 42.7 Å². The van der Waals surface area contributed by atoms with Gasteiger partial charge in [-0.3, -0.25) is 18.4 Å². The van der Waals surface area contributed by atoms with Crippen LogP contribution in [-0.4, -0.2) is 123 Å². The van der Waals surface area contributed by atoms with E-state index in [-0.39, 0.29) is 51.0 Å². The highest BCUT2D eigenvalue weighted by molar-refractivity contribution is 7.46. The molecule has 1 amide bonds. The van der Waals surface area contributed by atoms with Gasteiger partial charge in [-0.1, -0.05) is 18.9 Å². The van der Waals surface area contributed by atoms with Crippen LogP contribution in [0, 0.1) is 0 Å². The molecule has 9 rings (SSSR count). The van der Waals surface area contributed by atoms with Crippen molar-refractivity contribution in [2.75, 3.05) is 48.7 Å². The zero-order chi connectivity index (χ0) is 56.4. The van der Waals surface area contributed by atoms with Gasteiger partial charge in [-0.2, -0.15) is 0 Å². The van der Waals surface area contributed by atoms with Crippen LogP contribution in [0.3, 0.4) is 0 Å². The molecule has 4 aliphatic heterocycles. The fourth-order valence-electron chi connectivity index (χ4n) is 11.5. The topological polar surface area (TPSA) is 327 Å². The van der Waals surface area contributed by atoms with Crippen LogP contribution in [0.25, 0.3) is 27.9 Å². The monoisotopic (exact) mass is 1110 g/mol. The molecule has 416 valence electrons. The highest BCUT2D eigenvalue weighted by Crippen LogP contribution is 2.49. The molecule has 0 unspecified atom stereocenters. The van der Waals surface area contributed by atoms with Gasteiger partial charge in [0.05, 0.1) is 23.8 Å². The van der Waals surface area contributed by atoms with Gasteiger partial charge in [-0.25, -0.2) is 33.5 Å². The van der Waals surface area contributed by atoms with Crippen molar-refractivity contribution >= 4 is 72.9 Å². The number of imidazole rings is 1. The Morgan fingerprint density at radius 3 is 2.27 bits per heavy atom. The number of carboxylic acid groups (broad SMARTS) is 1. The lowest BCUT2D eigenvalue weighted by atomic mass is 9.83. The minimum atomic E-state index is -5.28. The summed E-state index contributed by atoms with van der Waals surface area (Å²) < 4.78 is 49.3. The highest BCUT2D eigenvalue weighted by Gasteiger charge is 2.50. The lowest BCUT2D eigenvalue weighted by Gasteiger charge is -2.43. The molecule has 0 bridgehead atoms. The molecule has 3 aromatic carbocycles. The predicted molar refractivity (Wildman–Crippen MR) is 291 cm³/mol. The number of aromatic nitrogens is 4. The van der Waals surface area contributed by atoms with Crippen LogP contribution in [-0.2, 0) is 22.9 Å². The molecule has 4 atom stereocenters. The van der Waals surface area contributed by atoms with Gasteiger partial charge in [0.15, 0.2) is 28.7 Å². The fraction of sp³-hybridized carbons (Fsp3) is 0.434. The quantitative estimate of drug-likeness (QED) is 0.0277. The first-order valence-corrected chi connectivity index (χ1v) is 28.8. The number of aliphatic hydroxyl groups is 1. The van der Waals surface area contributed by atoms with Crippen LogP contribution in [0.5, 0.6) is 11.5 Å². The molecule has 5 aromatic rings. The smallest absolute Gasteiger partial charge is 0.470 e. The number of anilines is 3. The number of phosphoric ester groups is 2. The number of nitrogens with two attached hydrogens (primary N) is 1. The Morgan fingerprint density at radius 2 is 1.59 bits per heavy atom. The number of carbonyl (C=O) groups is 2. The summed E-state index contributed by atoms with van der Waals surface area (Å²) in [7, 11) is -10.3. The first-order valence-electron chi connectivity index (χ1n) is 25.7. The van der Waals surface area contributed by atoms with E-state index >= 15 is 0 Å². The third-order valence-electron chi connectivity index (χ3n) is 14.7. The van der Waals surface area contributed by atoms with Crippen LogP contribution >= 0.6 is 15.6 Å². The molecule has 2 aromatic heterocycles. The number of fused-ring (bicyclic) bond motifs is 5. The first-order chi connectivity index (χ1) is 36.7. The van der Waals surface area contributed by atoms with Gasteiger partial charge in [-0.15, -0.1) is 0 Å². The number of likely N-dealkylation sites (N-methyl/N-ethyl adjacent to an activating group) is 2. The van der Waals surface area contributed by atoms with Gasteiger partial charge in [0.2, 0.25) is 11.3 Å². The fourth-order valence-corrected chi connectivity index (χ4v) is 12.3. The zero-order valence-corrected chi connectivity index (χ0v) is 46.3. The van der Waals surface area contributed by atoms with Gasteiger partial charge in [-0.05, 0) is 108 Å². The van der Waals surface area contributed by atoms with E-state index in [9.17, 15) is 48.5 Å². The number of phosphoric acid groups is 2. The molecule has 0 radical (unpaired) electrons. The average Bonchev–Trinajstić information content (AvgIpc) is 4.02. The molecule has 0 saturated carbocycles. The van der Waals surface area contributed by atoms with E-state index in [4.69, 9.17) is 19.7 Å². The van der Waals surface area contributed by atoms with Crippen LogP contribution in [0.15, 0.2) is 60.9 Å². The number of ether oxygens (including phenoxy) is 2. The summed E-state index contributed by atoms with van der Waals surface area (Å²) in [6.07, 6.45) is 1.41. The molecule has 6 heterocycles. The van der Waals surface area contributed by atoms with E-state index in [1.165, 1.54) is 16.7 Å². The molecule has 1 saturated heterocycles. The average molecular weight is 1120 g/mol.